The summed E-state index contributed by atoms with van der Waals surface area (Å²) in [6.07, 6.45) is 5.25. The lowest BCUT2D eigenvalue weighted by Gasteiger charge is -2.23. The van der Waals surface area contributed by atoms with Crippen molar-refractivity contribution in [2.75, 3.05) is 13.1 Å². The van der Waals surface area contributed by atoms with Crippen molar-refractivity contribution in [3.05, 3.63) is 70.0 Å². The Morgan fingerprint density at radius 1 is 1.06 bits per heavy atom. The van der Waals surface area contributed by atoms with Gasteiger partial charge in [-0.05, 0) is 93.4 Å². The first-order valence-corrected chi connectivity index (χ1v) is 11.7. The highest BCUT2D eigenvalue weighted by atomic mass is 35.5. The Hall–Kier alpha value is -1.95. The molecule has 4 rings (SSSR count). The Bertz CT molecular complexity index is 898. The van der Waals surface area contributed by atoms with Crippen LogP contribution < -0.4 is 16.0 Å². The van der Waals surface area contributed by atoms with Crippen LogP contribution in [0.2, 0.25) is 5.02 Å². The summed E-state index contributed by atoms with van der Waals surface area (Å²) in [5.41, 5.74) is 3.02. The molecule has 0 radical (unpaired) electrons. The number of carbonyl (C=O) groups is 1. The second-order valence-electron chi connectivity index (χ2n) is 8.89. The first-order chi connectivity index (χ1) is 15.0. The van der Waals surface area contributed by atoms with E-state index < -0.39 is 0 Å². The van der Waals surface area contributed by atoms with Gasteiger partial charge in [0, 0.05) is 23.7 Å². The molecule has 31 heavy (non-hydrogen) atoms. The fourth-order valence-electron chi connectivity index (χ4n) is 4.81. The van der Waals surface area contributed by atoms with Crippen molar-refractivity contribution in [1.82, 2.24) is 16.0 Å². The van der Waals surface area contributed by atoms with Crippen molar-refractivity contribution >= 4 is 17.5 Å². The highest BCUT2D eigenvalue weighted by molar-refractivity contribution is 6.30. The predicted molar refractivity (Wildman–Crippen MR) is 123 cm³/mol. The van der Waals surface area contributed by atoms with Crippen LogP contribution in [0, 0.1) is 5.82 Å². The van der Waals surface area contributed by atoms with E-state index in [4.69, 9.17) is 11.6 Å². The molecule has 2 aromatic rings. The van der Waals surface area contributed by atoms with Crippen molar-refractivity contribution in [3.8, 4) is 0 Å². The van der Waals surface area contributed by atoms with E-state index in [1.807, 2.05) is 12.1 Å². The van der Waals surface area contributed by atoms with Gasteiger partial charge in [-0.3, -0.25) is 4.79 Å². The monoisotopic (exact) mass is 443 g/mol. The lowest BCUT2D eigenvalue weighted by molar-refractivity contribution is 0.0929. The van der Waals surface area contributed by atoms with Gasteiger partial charge in [-0.2, -0.15) is 0 Å². The summed E-state index contributed by atoms with van der Waals surface area (Å²) in [4.78, 5) is 12.5. The molecule has 166 valence electrons. The third kappa shape index (κ3) is 5.65. The van der Waals surface area contributed by atoms with E-state index in [1.165, 1.54) is 11.6 Å². The van der Waals surface area contributed by atoms with Crippen LogP contribution in [0.4, 0.5) is 4.39 Å². The minimum Gasteiger partial charge on any atom is -0.349 e. The number of piperidine rings is 1. The third-order valence-corrected chi connectivity index (χ3v) is 6.97. The van der Waals surface area contributed by atoms with Crippen LogP contribution >= 0.6 is 11.6 Å². The van der Waals surface area contributed by atoms with Crippen LogP contribution in [0.25, 0.3) is 0 Å². The summed E-state index contributed by atoms with van der Waals surface area (Å²) in [5.74, 6) is 0.130. The number of carbonyl (C=O) groups excluding carboxylic acids is 1. The zero-order valence-electron chi connectivity index (χ0n) is 18.0. The molecule has 2 aliphatic rings. The minimum absolute atomic E-state index is 0.0243. The van der Waals surface area contributed by atoms with Gasteiger partial charge in [0.25, 0.3) is 5.91 Å². The summed E-state index contributed by atoms with van der Waals surface area (Å²) in [6.45, 7) is 4.02. The lowest BCUT2D eigenvalue weighted by Crippen LogP contribution is -2.42. The largest absolute Gasteiger partial charge is 0.349 e. The summed E-state index contributed by atoms with van der Waals surface area (Å²) in [5, 5.41) is 10.3. The van der Waals surface area contributed by atoms with Gasteiger partial charge in [-0.1, -0.05) is 29.8 Å². The zero-order chi connectivity index (χ0) is 21.8. The Morgan fingerprint density at radius 3 is 2.52 bits per heavy atom. The van der Waals surface area contributed by atoms with E-state index >= 15 is 0 Å². The van der Waals surface area contributed by atoms with Gasteiger partial charge in [-0.15, -0.1) is 0 Å². The molecular formula is C25H31ClFN3O. The summed E-state index contributed by atoms with van der Waals surface area (Å²) in [7, 11) is 0. The second kappa shape index (κ2) is 10.1. The molecule has 6 heteroatoms. The van der Waals surface area contributed by atoms with Crippen LogP contribution in [0.3, 0.4) is 0 Å². The number of hydrogen-bond acceptors (Lipinski definition) is 3. The number of rotatable bonds is 6. The molecule has 1 aliphatic carbocycles. The second-order valence-corrected chi connectivity index (χ2v) is 9.30. The fraction of sp³-hybridized carbons (Fsp3) is 0.480. The highest BCUT2D eigenvalue weighted by Crippen LogP contribution is 2.35. The van der Waals surface area contributed by atoms with Crippen LogP contribution in [-0.2, 0) is 0 Å². The molecule has 3 atom stereocenters. The van der Waals surface area contributed by atoms with Crippen molar-refractivity contribution < 1.29 is 9.18 Å². The Balaban J connectivity index is 1.30. The van der Waals surface area contributed by atoms with Gasteiger partial charge in [-0.25, -0.2) is 4.39 Å². The van der Waals surface area contributed by atoms with Crippen molar-refractivity contribution in [2.45, 2.75) is 63.1 Å². The van der Waals surface area contributed by atoms with Crippen molar-refractivity contribution in [3.63, 3.8) is 0 Å². The van der Waals surface area contributed by atoms with Gasteiger partial charge in [0.1, 0.15) is 5.82 Å². The molecule has 1 aliphatic heterocycles. The molecule has 0 aromatic heterocycles. The van der Waals surface area contributed by atoms with Crippen molar-refractivity contribution in [2.24, 2.45) is 0 Å². The average Bonchev–Trinajstić information content (AvgIpc) is 3.25. The quantitative estimate of drug-likeness (QED) is 0.592. The van der Waals surface area contributed by atoms with Crippen LogP contribution in [0.15, 0.2) is 42.5 Å². The normalized spacial score (nSPS) is 22.9. The molecule has 4 nitrogen and oxygen atoms in total. The van der Waals surface area contributed by atoms with Crippen LogP contribution in [-0.4, -0.2) is 31.1 Å². The smallest absolute Gasteiger partial charge is 0.251 e. The van der Waals surface area contributed by atoms with E-state index in [1.54, 1.807) is 12.1 Å². The predicted octanol–water partition coefficient (Wildman–Crippen LogP) is 4.95. The average molecular weight is 444 g/mol. The number of benzene rings is 2. The standard InChI is InChI=1S/C25H31ClFN3O/c1-16(19-7-9-24(27)23(26)15-19)29-22-8-6-20(14-22)17-2-4-18(5-3-17)25(31)30-21-10-12-28-13-11-21/h2-5,7,9,15-16,20-22,28-29H,6,8,10-14H2,1H3,(H,30,31)/t16-,20?,22+/m1/s1. The molecule has 3 N–H and O–H groups in total. The summed E-state index contributed by atoms with van der Waals surface area (Å²) < 4.78 is 13.4. The minimum atomic E-state index is -0.383. The molecule has 1 amide bonds. The topological polar surface area (TPSA) is 53.2 Å². The highest BCUT2D eigenvalue weighted by Gasteiger charge is 2.27. The van der Waals surface area contributed by atoms with Crippen molar-refractivity contribution in [1.29, 1.82) is 0 Å². The first kappa shape index (κ1) is 22.3. The maximum Gasteiger partial charge on any atom is 0.251 e. The number of amides is 1. The van der Waals surface area contributed by atoms with Gasteiger partial charge < -0.3 is 16.0 Å². The molecule has 2 fully saturated rings. The van der Waals surface area contributed by atoms with E-state index in [9.17, 15) is 9.18 Å². The number of halogens is 2. The summed E-state index contributed by atoms with van der Waals surface area (Å²) >= 11 is 5.93. The molecule has 1 unspecified atom stereocenters. The summed E-state index contributed by atoms with van der Waals surface area (Å²) in [6, 6.07) is 13.8. The molecule has 1 heterocycles. The van der Waals surface area contributed by atoms with E-state index in [0.29, 0.717) is 12.0 Å². The molecule has 0 bridgehead atoms. The Kier molecular flexibility index (Phi) is 7.26. The molecule has 0 spiro atoms. The SMILES string of the molecule is C[C@@H](N[C@H]1CCC(c2ccc(C(=O)NC3CCNCC3)cc2)C1)c1ccc(F)c(Cl)c1. The van der Waals surface area contributed by atoms with Gasteiger partial charge in [0.05, 0.1) is 5.02 Å². The third-order valence-electron chi connectivity index (χ3n) is 6.68. The van der Waals surface area contributed by atoms with Crippen LogP contribution in [0.5, 0.6) is 0 Å². The fourth-order valence-corrected chi connectivity index (χ4v) is 5.00. The zero-order valence-corrected chi connectivity index (χ0v) is 18.7. The maximum atomic E-state index is 13.4. The molecular weight excluding hydrogens is 413 g/mol. The number of hydrogen-bond donors (Lipinski definition) is 3. The Labute approximate surface area is 189 Å². The van der Waals surface area contributed by atoms with Crippen LogP contribution in [0.1, 0.15) is 72.5 Å². The molecule has 1 saturated heterocycles. The van der Waals surface area contributed by atoms with Gasteiger partial charge in [0.2, 0.25) is 0 Å². The molecule has 2 aromatic carbocycles. The van der Waals surface area contributed by atoms with Gasteiger partial charge in [0.15, 0.2) is 0 Å². The maximum absolute atomic E-state index is 13.4. The lowest BCUT2D eigenvalue weighted by atomic mass is 9.96. The van der Waals surface area contributed by atoms with E-state index in [2.05, 4.69) is 35.0 Å². The van der Waals surface area contributed by atoms with Gasteiger partial charge >= 0.3 is 0 Å². The number of nitrogens with one attached hydrogen (secondary N) is 3. The first-order valence-electron chi connectivity index (χ1n) is 11.3. The van der Waals surface area contributed by atoms with E-state index in [-0.39, 0.29) is 28.8 Å². The van der Waals surface area contributed by atoms with E-state index in [0.717, 1.165) is 56.3 Å². The molecule has 1 saturated carbocycles. The Morgan fingerprint density at radius 2 is 1.81 bits per heavy atom.